The van der Waals surface area contributed by atoms with Gasteiger partial charge in [0.05, 0.1) is 6.73 Å². The third kappa shape index (κ3) is 2.06. The molecule has 0 unspecified atom stereocenters. The van der Waals surface area contributed by atoms with Gasteiger partial charge in [0, 0.05) is 6.54 Å². The van der Waals surface area contributed by atoms with Gasteiger partial charge in [-0.3, -0.25) is 4.90 Å². The molecular weight excluding hydrogens is 194 g/mol. The molecular formula is C11H15NO3. The Morgan fingerprint density at radius 2 is 2.00 bits per heavy atom. The van der Waals surface area contributed by atoms with E-state index in [0.29, 0.717) is 13.3 Å². The molecule has 0 radical (unpaired) electrons. The van der Waals surface area contributed by atoms with Crippen molar-refractivity contribution in [1.29, 1.82) is 0 Å². The molecule has 0 aliphatic carbocycles. The van der Waals surface area contributed by atoms with Crippen LogP contribution >= 0.6 is 0 Å². The molecule has 4 nitrogen and oxygen atoms in total. The minimum Gasteiger partial charge on any atom is -0.454 e. The Morgan fingerprint density at radius 3 is 2.67 bits per heavy atom. The molecule has 2 rings (SSSR count). The highest BCUT2D eigenvalue weighted by atomic mass is 16.7. The lowest BCUT2D eigenvalue weighted by Crippen LogP contribution is -2.19. The Hall–Kier alpha value is -1.26. The van der Waals surface area contributed by atoms with Crippen molar-refractivity contribution < 1.29 is 14.6 Å². The quantitative estimate of drug-likeness (QED) is 0.757. The third-order valence-corrected chi connectivity index (χ3v) is 2.51. The van der Waals surface area contributed by atoms with Crippen molar-refractivity contribution in [3.63, 3.8) is 0 Å². The summed E-state index contributed by atoms with van der Waals surface area (Å²) in [4.78, 5) is 1.82. The van der Waals surface area contributed by atoms with Gasteiger partial charge in [-0.05, 0) is 37.2 Å². The molecule has 1 aliphatic heterocycles. The van der Waals surface area contributed by atoms with Crippen molar-refractivity contribution in [2.45, 2.75) is 13.5 Å². The molecule has 1 N–H and O–H groups in total. The van der Waals surface area contributed by atoms with E-state index in [-0.39, 0.29) is 6.73 Å². The summed E-state index contributed by atoms with van der Waals surface area (Å²) >= 11 is 0. The Morgan fingerprint density at radius 1 is 1.33 bits per heavy atom. The molecule has 1 aromatic rings. The van der Waals surface area contributed by atoms with Crippen molar-refractivity contribution in [3.05, 3.63) is 23.3 Å². The number of ether oxygens (including phenoxy) is 2. The molecule has 0 atom stereocenters. The summed E-state index contributed by atoms with van der Waals surface area (Å²) in [7, 11) is 1.87. The van der Waals surface area contributed by atoms with Crippen LogP contribution in [-0.2, 0) is 6.54 Å². The Kier molecular flexibility index (Phi) is 2.79. The summed E-state index contributed by atoms with van der Waals surface area (Å²) in [5.74, 6) is 1.60. The van der Waals surface area contributed by atoms with Crippen LogP contribution in [0.15, 0.2) is 12.1 Å². The van der Waals surface area contributed by atoms with E-state index < -0.39 is 0 Å². The number of aliphatic hydroxyl groups is 1. The molecule has 1 aromatic carbocycles. The highest BCUT2D eigenvalue weighted by Crippen LogP contribution is 2.34. The van der Waals surface area contributed by atoms with Gasteiger partial charge in [-0.25, -0.2) is 0 Å². The number of hydrogen-bond donors (Lipinski definition) is 1. The van der Waals surface area contributed by atoms with E-state index in [1.807, 2.05) is 31.0 Å². The van der Waals surface area contributed by atoms with Gasteiger partial charge in [0.2, 0.25) is 6.79 Å². The number of rotatable bonds is 3. The lowest BCUT2D eigenvalue weighted by molar-refractivity contribution is 0.126. The van der Waals surface area contributed by atoms with E-state index in [2.05, 4.69) is 0 Å². The summed E-state index contributed by atoms with van der Waals surface area (Å²) in [6.07, 6.45) is 0. The second-order valence-corrected chi connectivity index (χ2v) is 3.79. The molecule has 0 spiro atoms. The topological polar surface area (TPSA) is 41.9 Å². The second-order valence-electron chi connectivity index (χ2n) is 3.79. The van der Waals surface area contributed by atoms with Crippen LogP contribution in [0.1, 0.15) is 11.1 Å². The van der Waals surface area contributed by atoms with Crippen molar-refractivity contribution >= 4 is 0 Å². The predicted octanol–water partition coefficient (Wildman–Crippen LogP) is 1.11. The number of hydrogen-bond acceptors (Lipinski definition) is 4. The van der Waals surface area contributed by atoms with Crippen LogP contribution in [-0.4, -0.2) is 30.6 Å². The van der Waals surface area contributed by atoms with Gasteiger partial charge in [-0.2, -0.15) is 0 Å². The van der Waals surface area contributed by atoms with Gasteiger partial charge < -0.3 is 14.6 Å². The summed E-state index contributed by atoms with van der Waals surface area (Å²) in [6, 6.07) is 3.95. The van der Waals surface area contributed by atoms with Crippen LogP contribution < -0.4 is 9.47 Å². The molecule has 0 fully saturated rings. The summed E-state index contributed by atoms with van der Waals surface area (Å²) in [6.45, 7) is 3.09. The first-order valence-electron chi connectivity index (χ1n) is 4.89. The minimum atomic E-state index is 0.0495. The van der Waals surface area contributed by atoms with E-state index in [0.717, 1.165) is 22.6 Å². The van der Waals surface area contributed by atoms with Crippen molar-refractivity contribution in [1.82, 2.24) is 4.90 Å². The summed E-state index contributed by atoms with van der Waals surface area (Å²) in [5, 5.41) is 8.95. The first kappa shape index (κ1) is 10.3. The van der Waals surface area contributed by atoms with Crippen molar-refractivity contribution in [2.75, 3.05) is 20.6 Å². The van der Waals surface area contributed by atoms with E-state index in [9.17, 15) is 0 Å². The zero-order valence-corrected chi connectivity index (χ0v) is 8.99. The lowest BCUT2D eigenvalue weighted by atomic mass is 10.1. The van der Waals surface area contributed by atoms with Gasteiger partial charge in [-0.1, -0.05) is 0 Å². The average molecular weight is 209 g/mol. The normalized spacial score (nSPS) is 13.6. The Bertz CT molecular complexity index is 365. The number of fused-ring (bicyclic) bond motifs is 1. The first-order valence-corrected chi connectivity index (χ1v) is 4.89. The van der Waals surface area contributed by atoms with Crippen LogP contribution in [0.3, 0.4) is 0 Å². The van der Waals surface area contributed by atoms with Gasteiger partial charge in [0.15, 0.2) is 11.5 Å². The molecule has 15 heavy (non-hydrogen) atoms. The molecule has 0 saturated carbocycles. The molecule has 0 saturated heterocycles. The third-order valence-electron chi connectivity index (χ3n) is 2.51. The standard InChI is InChI=1S/C11H15NO3/c1-8-3-10-11(15-7-14-10)4-9(8)5-12(2)6-13/h3-4,13H,5-7H2,1-2H3. The maximum absolute atomic E-state index is 8.95. The molecule has 0 aromatic heterocycles. The fraction of sp³-hybridized carbons (Fsp3) is 0.455. The Labute approximate surface area is 89.0 Å². The zero-order valence-electron chi connectivity index (χ0n) is 8.99. The largest absolute Gasteiger partial charge is 0.454 e. The molecule has 1 heterocycles. The molecule has 1 aliphatic rings. The summed E-state index contributed by atoms with van der Waals surface area (Å²) in [5.41, 5.74) is 2.30. The van der Waals surface area contributed by atoms with Crippen molar-refractivity contribution in [2.24, 2.45) is 0 Å². The maximum Gasteiger partial charge on any atom is 0.231 e. The van der Waals surface area contributed by atoms with Gasteiger partial charge >= 0.3 is 0 Å². The van der Waals surface area contributed by atoms with Crippen LogP contribution in [0.2, 0.25) is 0 Å². The lowest BCUT2D eigenvalue weighted by Gasteiger charge is -2.15. The van der Waals surface area contributed by atoms with Gasteiger partial charge in [-0.15, -0.1) is 0 Å². The average Bonchev–Trinajstić information content (AvgIpc) is 2.65. The zero-order chi connectivity index (χ0) is 10.8. The second kappa shape index (κ2) is 4.08. The van der Waals surface area contributed by atoms with Crippen LogP contribution in [0.5, 0.6) is 11.5 Å². The molecule has 4 heteroatoms. The minimum absolute atomic E-state index is 0.0495. The van der Waals surface area contributed by atoms with Gasteiger partial charge in [0.25, 0.3) is 0 Å². The number of aliphatic hydroxyl groups excluding tert-OH is 1. The molecule has 0 amide bonds. The van der Waals surface area contributed by atoms with Crippen LogP contribution in [0.4, 0.5) is 0 Å². The van der Waals surface area contributed by atoms with Gasteiger partial charge in [0.1, 0.15) is 0 Å². The van der Waals surface area contributed by atoms with E-state index >= 15 is 0 Å². The van der Waals surface area contributed by atoms with Crippen molar-refractivity contribution in [3.8, 4) is 11.5 Å². The van der Waals surface area contributed by atoms with E-state index in [1.54, 1.807) is 0 Å². The fourth-order valence-electron chi connectivity index (χ4n) is 1.60. The molecule has 82 valence electrons. The summed E-state index contributed by atoms with van der Waals surface area (Å²) < 4.78 is 10.6. The number of benzene rings is 1. The van der Waals surface area contributed by atoms with Crippen LogP contribution in [0, 0.1) is 6.92 Å². The molecule has 0 bridgehead atoms. The number of nitrogens with zero attached hydrogens (tertiary/aromatic N) is 1. The van der Waals surface area contributed by atoms with E-state index in [4.69, 9.17) is 14.6 Å². The maximum atomic E-state index is 8.95. The first-order chi connectivity index (χ1) is 7.20. The van der Waals surface area contributed by atoms with E-state index in [1.165, 1.54) is 0 Å². The predicted molar refractivity (Wildman–Crippen MR) is 55.9 cm³/mol. The Balaban J connectivity index is 2.24. The smallest absolute Gasteiger partial charge is 0.231 e. The van der Waals surface area contributed by atoms with Crippen LogP contribution in [0.25, 0.3) is 0 Å². The monoisotopic (exact) mass is 209 g/mol. The fourth-order valence-corrected chi connectivity index (χ4v) is 1.60. The SMILES string of the molecule is Cc1cc2c(cc1CN(C)CO)OCO2. The number of aryl methyl sites for hydroxylation is 1. The highest BCUT2D eigenvalue weighted by molar-refractivity contribution is 5.48. The highest BCUT2D eigenvalue weighted by Gasteiger charge is 2.15.